The molecule has 0 aliphatic carbocycles. The predicted octanol–water partition coefficient (Wildman–Crippen LogP) is 4.02. The molecule has 0 radical (unpaired) electrons. The number of carbonyl (C=O) groups is 3. The molecule has 13 heteroatoms. The molecule has 0 aliphatic rings. The smallest absolute Gasteiger partial charge is 0.315 e. The number of thiazole rings is 1. The molecular formula is C23H19N5O6S2. The number of nitrogens with zero attached hydrogens (tertiary/aromatic N) is 2. The summed E-state index contributed by atoms with van der Waals surface area (Å²) in [7, 11) is 1.51. The van der Waals surface area contributed by atoms with Crippen molar-refractivity contribution in [3.05, 3.63) is 66.6 Å². The molecule has 0 bridgehead atoms. The first-order valence-electron chi connectivity index (χ1n) is 10.3. The van der Waals surface area contributed by atoms with Gasteiger partial charge in [-0.1, -0.05) is 35.6 Å². The van der Waals surface area contributed by atoms with E-state index in [9.17, 15) is 19.5 Å². The second-order valence-electron chi connectivity index (χ2n) is 6.98. The van der Waals surface area contributed by atoms with E-state index in [1.54, 1.807) is 60.9 Å². The number of aromatic nitrogens is 3. The number of anilines is 2. The van der Waals surface area contributed by atoms with E-state index in [4.69, 9.17) is 9.47 Å². The van der Waals surface area contributed by atoms with Crippen molar-refractivity contribution < 1.29 is 29.0 Å². The number of carboxylic acids is 1. The largest absolute Gasteiger partial charge is 0.493 e. The number of aliphatic carboxylic acids is 1. The van der Waals surface area contributed by atoms with Crippen LogP contribution in [0.5, 0.6) is 17.2 Å². The number of benzene rings is 2. The maximum Gasteiger partial charge on any atom is 0.315 e. The van der Waals surface area contributed by atoms with Crippen molar-refractivity contribution in [1.29, 1.82) is 0 Å². The van der Waals surface area contributed by atoms with Crippen molar-refractivity contribution in [3.63, 3.8) is 0 Å². The summed E-state index contributed by atoms with van der Waals surface area (Å²) < 4.78 is 11.7. The highest BCUT2D eigenvalue weighted by molar-refractivity contribution is 8.01. The fraction of sp³-hybridized carbons (Fsp3) is 0.0870. The maximum atomic E-state index is 12.6. The van der Waals surface area contributed by atoms with Gasteiger partial charge in [0.1, 0.15) is 0 Å². The van der Waals surface area contributed by atoms with Gasteiger partial charge < -0.3 is 24.9 Å². The summed E-state index contributed by atoms with van der Waals surface area (Å²) in [5.74, 6) is -1.78. The van der Waals surface area contributed by atoms with Gasteiger partial charge in [0.2, 0.25) is 0 Å². The van der Waals surface area contributed by atoms with Crippen molar-refractivity contribution in [2.75, 3.05) is 17.7 Å². The topological polar surface area (TPSA) is 156 Å². The average molecular weight is 526 g/mol. The Labute approximate surface area is 212 Å². The molecule has 2 aromatic heterocycles. The minimum atomic E-state index is -1.08. The second kappa shape index (κ2) is 11.4. The minimum absolute atomic E-state index is 0.0824. The van der Waals surface area contributed by atoms with Crippen LogP contribution in [0, 0.1) is 0 Å². The Morgan fingerprint density at radius 2 is 1.72 bits per heavy atom. The lowest BCUT2D eigenvalue weighted by molar-refractivity contribution is -0.136. The second-order valence-corrected chi connectivity index (χ2v) is 9.23. The molecule has 0 aliphatic heterocycles. The molecule has 0 saturated heterocycles. The molecule has 184 valence electrons. The molecule has 2 aromatic carbocycles. The van der Waals surface area contributed by atoms with Gasteiger partial charge >= 0.3 is 17.8 Å². The molecule has 0 atom stereocenters. The van der Waals surface area contributed by atoms with Gasteiger partial charge in [-0.3, -0.25) is 19.7 Å². The van der Waals surface area contributed by atoms with E-state index in [1.165, 1.54) is 18.9 Å². The number of ether oxygens (including phenoxy) is 2. The molecule has 2 amide bonds. The molecule has 4 N–H and O–H groups in total. The highest BCUT2D eigenvalue weighted by Crippen LogP contribution is 2.37. The van der Waals surface area contributed by atoms with E-state index in [1.807, 2.05) is 0 Å². The van der Waals surface area contributed by atoms with Crippen molar-refractivity contribution in [2.45, 2.75) is 15.8 Å². The summed E-state index contributed by atoms with van der Waals surface area (Å²) in [4.78, 5) is 47.6. The summed E-state index contributed by atoms with van der Waals surface area (Å²) in [6.07, 6.45) is 2.83. The number of imidazole rings is 1. The van der Waals surface area contributed by atoms with Crippen LogP contribution in [0.25, 0.3) is 0 Å². The third kappa shape index (κ3) is 6.20. The van der Waals surface area contributed by atoms with Gasteiger partial charge in [-0.15, -0.1) is 0 Å². The van der Waals surface area contributed by atoms with Crippen LogP contribution >= 0.6 is 23.1 Å². The quantitative estimate of drug-likeness (QED) is 0.237. The van der Waals surface area contributed by atoms with Gasteiger partial charge in [0.15, 0.2) is 27.5 Å². The van der Waals surface area contributed by atoms with Crippen LogP contribution in [0.4, 0.5) is 10.8 Å². The van der Waals surface area contributed by atoms with Crippen molar-refractivity contribution in [3.8, 4) is 17.2 Å². The number of methoxy groups -OCH3 is 1. The monoisotopic (exact) mass is 525 g/mol. The zero-order valence-corrected chi connectivity index (χ0v) is 20.3. The molecule has 0 spiro atoms. The fourth-order valence-electron chi connectivity index (χ4n) is 2.93. The van der Waals surface area contributed by atoms with Crippen LogP contribution in [-0.4, -0.2) is 45.0 Å². The van der Waals surface area contributed by atoms with Crippen LogP contribution in [-0.2, 0) is 20.8 Å². The van der Waals surface area contributed by atoms with Gasteiger partial charge in [-0.2, -0.15) is 0 Å². The van der Waals surface area contributed by atoms with E-state index in [0.717, 1.165) is 11.3 Å². The van der Waals surface area contributed by atoms with Crippen LogP contribution in [0.15, 0.2) is 70.3 Å². The van der Waals surface area contributed by atoms with Gasteiger partial charge in [0.05, 0.1) is 29.1 Å². The minimum Gasteiger partial charge on any atom is -0.493 e. The number of hydrogen-bond donors (Lipinski definition) is 4. The number of nitrogens with one attached hydrogen (secondary N) is 3. The lowest BCUT2D eigenvalue weighted by Crippen LogP contribution is -2.29. The predicted molar refractivity (Wildman–Crippen MR) is 133 cm³/mol. The Morgan fingerprint density at radius 3 is 2.42 bits per heavy atom. The first kappa shape index (κ1) is 24.8. The highest BCUT2D eigenvalue weighted by atomic mass is 32.2. The van der Waals surface area contributed by atoms with Crippen LogP contribution in [0.1, 0.15) is 5.69 Å². The van der Waals surface area contributed by atoms with Crippen molar-refractivity contribution in [2.24, 2.45) is 0 Å². The van der Waals surface area contributed by atoms with Crippen LogP contribution < -0.4 is 20.1 Å². The molecule has 36 heavy (non-hydrogen) atoms. The van der Waals surface area contributed by atoms with E-state index >= 15 is 0 Å². The summed E-state index contributed by atoms with van der Waals surface area (Å²) >= 11 is 2.21. The number of rotatable bonds is 9. The first-order valence-corrected chi connectivity index (χ1v) is 12.0. The third-order valence-electron chi connectivity index (χ3n) is 4.49. The average Bonchev–Trinajstić information content (AvgIpc) is 3.50. The Morgan fingerprint density at radius 1 is 1.03 bits per heavy atom. The summed E-state index contributed by atoms with van der Waals surface area (Å²) in [6.45, 7) is 0. The Balaban J connectivity index is 1.47. The van der Waals surface area contributed by atoms with Gasteiger partial charge in [-0.05, 0) is 36.0 Å². The van der Waals surface area contributed by atoms with E-state index in [0.29, 0.717) is 26.6 Å². The Hall–Kier alpha value is -4.36. The number of H-pyrrole nitrogens is 1. The van der Waals surface area contributed by atoms with Crippen molar-refractivity contribution in [1.82, 2.24) is 15.0 Å². The standard InChI is InChI=1S/C23H19N5O6S2/c1-33-16-8-4-5-9-17(16)34-15-7-3-2-6-13(15)26-19(31)20(32)28-23-27-14(12-18(29)30)21(36-23)35-22-24-10-11-25-22/h2-11H,12H2,1H3,(H,24,25)(H,26,31)(H,29,30)(H,27,28,32). The van der Waals surface area contributed by atoms with E-state index in [2.05, 4.69) is 25.6 Å². The molecule has 0 fully saturated rings. The van der Waals surface area contributed by atoms with Gasteiger partial charge in [0, 0.05) is 12.4 Å². The third-order valence-corrected chi connectivity index (χ3v) is 6.64. The number of carbonyl (C=O) groups excluding carboxylic acids is 2. The van der Waals surface area contributed by atoms with Gasteiger partial charge in [-0.25, -0.2) is 9.97 Å². The van der Waals surface area contributed by atoms with Gasteiger partial charge in [0.25, 0.3) is 0 Å². The number of hydrogen-bond acceptors (Lipinski definition) is 9. The van der Waals surface area contributed by atoms with Crippen LogP contribution in [0.2, 0.25) is 0 Å². The number of aromatic amines is 1. The maximum absolute atomic E-state index is 12.6. The molecule has 11 nitrogen and oxygen atoms in total. The zero-order chi connectivity index (χ0) is 25.5. The summed E-state index contributed by atoms with van der Waals surface area (Å²) in [5, 5.41) is 14.7. The van der Waals surface area contributed by atoms with Crippen molar-refractivity contribution >= 4 is 51.7 Å². The molecule has 0 saturated carbocycles. The lowest BCUT2D eigenvalue weighted by atomic mass is 10.2. The molecule has 0 unspecified atom stereocenters. The lowest BCUT2D eigenvalue weighted by Gasteiger charge is -2.13. The Bertz CT molecular complexity index is 1390. The fourth-order valence-corrected chi connectivity index (χ4v) is 4.94. The van der Waals surface area contributed by atoms with E-state index < -0.39 is 17.8 Å². The Kier molecular flexibility index (Phi) is 7.82. The SMILES string of the molecule is COc1ccccc1Oc1ccccc1NC(=O)C(=O)Nc1nc(CC(=O)O)c(Sc2ncc[nH]2)s1. The summed E-state index contributed by atoms with van der Waals surface area (Å²) in [6, 6.07) is 13.6. The normalized spacial score (nSPS) is 10.5. The van der Waals surface area contributed by atoms with E-state index in [-0.39, 0.29) is 22.9 Å². The molecule has 4 rings (SSSR count). The highest BCUT2D eigenvalue weighted by Gasteiger charge is 2.21. The number of amides is 2. The number of carboxylic acid groups (broad SMARTS) is 1. The molecule has 2 heterocycles. The molecule has 4 aromatic rings. The zero-order valence-electron chi connectivity index (χ0n) is 18.7. The number of para-hydroxylation sites is 4. The first-order chi connectivity index (χ1) is 17.4. The van der Waals surface area contributed by atoms with Crippen LogP contribution in [0.3, 0.4) is 0 Å². The molecular weight excluding hydrogens is 506 g/mol. The summed E-state index contributed by atoms with van der Waals surface area (Å²) in [5.41, 5.74) is 0.517.